The van der Waals surface area contributed by atoms with Crippen LogP contribution in [0.2, 0.25) is 0 Å². The van der Waals surface area contributed by atoms with Crippen molar-refractivity contribution in [3.63, 3.8) is 0 Å². The number of aromatic nitrogens is 2. The minimum absolute atomic E-state index is 0.0750. The number of carbonyl (C=O) groups excluding carboxylic acids is 2. The Labute approximate surface area is 289 Å². The van der Waals surface area contributed by atoms with Gasteiger partial charge in [0.15, 0.2) is 17.9 Å². The standard InChI is InChI=1S/C35H44FN5O9/c1-35(2,3)50-34(45)40-16-8-9-21(40)19-49-25-17-37-15-14-22(25)29-30(38-24-11-7-10-23(36)31(24)48-6)27-28(39-29)20(12-13-26(46-4)47-5)18-41(32(27)42)33(43)44/h7,10-11,14-15,17,20-21,26,38-39H,8-9,12-13,16,18-19H2,1-6H3,(H,43,44)/t20?,21-/m1/s1. The Morgan fingerprint density at radius 3 is 2.62 bits per heavy atom. The summed E-state index contributed by atoms with van der Waals surface area (Å²) < 4.78 is 42.9. The number of nitrogens with one attached hydrogen (secondary N) is 2. The molecule has 270 valence electrons. The lowest BCUT2D eigenvalue weighted by atomic mass is 9.91. The monoisotopic (exact) mass is 697 g/mol. The molecule has 1 aromatic carbocycles. The van der Waals surface area contributed by atoms with E-state index in [-0.39, 0.29) is 41.9 Å². The van der Waals surface area contributed by atoms with Crippen molar-refractivity contribution in [2.45, 2.75) is 70.3 Å². The fraction of sp³-hybridized carbons (Fsp3) is 0.486. The third kappa shape index (κ3) is 7.78. The fourth-order valence-corrected chi connectivity index (χ4v) is 6.38. The molecular formula is C35H44FN5O9. The summed E-state index contributed by atoms with van der Waals surface area (Å²) in [5.41, 5.74) is 1.20. The number of hydrogen-bond donors (Lipinski definition) is 3. The first kappa shape index (κ1) is 36.4. The average Bonchev–Trinajstić information content (AvgIpc) is 3.70. The minimum atomic E-state index is -1.41. The van der Waals surface area contributed by atoms with Crippen LogP contribution in [0.25, 0.3) is 11.3 Å². The Morgan fingerprint density at radius 2 is 1.94 bits per heavy atom. The van der Waals surface area contributed by atoms with Gasteiger partial charge in [-0.2, -0.15) is 0 Å². The predicted molar refractivity (Wildman–Crippen MR) is 181 cm³/mol. The van der Waals surface area contributed by atoms with Crippen LogP contribution < -0.4 is 14.8 Å². The Hall–Kier alpha value is -4.89. The second-order valence-electron chi connectivity index (χ2n) is 13.1. The molecule has 0 radical (unpaired) electrons. The van der Waals surface area contributed by atoms with Crippen molar-refractivity contribution in [3.8, 4) is 22.8 Å². The third-order valence-electron chi connectivity index (χ3n) is 8.73. The van der Waals surface area contributed by atoms with Crippen LogP contribution in [-0.4, -0.2) is 102 Å². The number of nitrogens with zero attached hydrogens (tertiary/aromatic N) is 3. The number of anilines is 2. The number of likely N-dealkylation sites (tertiary alicyclic amines) is 1. The zero-order chi connectivity index (χ0) is 36.2. The van der Waals surface area contributed by atoms with E-state index >= 15 is 0 Å². The van der Waals surface area contributed by atoms with Crippen molar-refractivity contribution < 1.29 is 47.6 Å². The van der Waals surface area contributed by atoms with Gasteiger partial charge in [0, 0.05) is 50.7 Å². The topological polar surface area (TPSA) is 165 Å². The maximum Gasteiger partial charge on any atom is 0.414 e. The van der Waals surface area contributed by atoms with Gasteiger partial charge in [0.25, 0.3) is 5.91 Å². The van der Waals surface area contributed by atoms with Crippen molar-refractivity contribution >= 4 is 29.5 Å². The van der Waals surface area contributed by atoms with Crippen LogP contribution in [0.4, 0.5) is 25.4 Å². The van der Waals surface area contributed by atoms with Gasteiger partial charge in [-0.05, 0) is 64.7 Å². The molecule has 2 atom stereocenters. The maximum atomic E-state index is 14.9. The van der Waals surface area contributed by atoms with Gasteiger partial charge in [0.1, 0.15) is 18.0 Å². The molecular weight excluding hydrogens is 653 g/mol. The second-order valence-corrected chi connectivity index (χ2v) is 13.1. The lowest BCUT2D eigenvalue weighted by molar-refractivity contribution is -0.107. The van der Waals surface area contributed by atoms with Crippen molar-refractivity contribution in [2.24, 2.45) is 0 Å². The number of ether oxygens (including phenoxy) is 5. The molecule has 14 nitrogen and oxygen atoms in total. The molecule has 15 heteroatoms. The quantitative estimate of drug-likeness (QED) is 0.180. The van der Waals surface area contributed by atoms with E-state index in [4.69, 9.17) is 23.7 Å². The van der Waals surface area contributed by atoms with Crippen molar-refractivity contribution in [2.75, 3.05) is 46.3 Å². The van der Waals surface area contributed by atoms with Crippen LogP contribution in [0.5, 0.6) is 11.5 Å². The predicted octanol–water partition coefficient (Wildman–Crippen LogP) is 6.36. The number of carboxylic acid groups (broad SMARTS) is 1. The number of methoxy groups -OCH3 is 3. The molecule has 1 fully saturated rings. The summed E-state index contributed by atoms with van der Waals surface area (Å²) in [5, 5.41) is 13.2. The number of H-pyrrole nitrogens is 1. The molecule has 0 saturated carbocycles. The number of imide groups is 1. The average molecular weight is 698 g/mol. The Morgan fingerprint density at radius 1 is 1.18 bits per heavy atom. The van der Waals surface area contributed by atoms with E-state index in [2.05, 4.69) is 15.3 Å². The highest BCUT2D eigenvalue weighted by molar-refractivity contribution is 6.11. The van der Waals surface area contributed by atoms with Crippen LogP contribution in [0, 0.1) is 5.82 Å². The van der Waals surface area contributed by atoms with Gasteiger partial charge in [-0.3, -0.25) is 9.78 Å². The SMILES string of the molecule is COc1c(F)cccc1Nc1c(-c2ccncc2OC[C@H]2CCCN2C(=O)OC(C)(C)C)[nH]c2c1C(=O)N(C(=O)O)CC2CCC(OC)OC. The highest BCUT2D eigenvalue weighted by atomic mass is 19.1. The van der Waals surface area contributed by atoms with Gasteiger partial charge in [0.2, 0.25) is 0 Å². The summed E-state index contributed by atoms with van der Waals surface area (Å²) in [5.74, 6) is -1.61. The van der Waals surface area contributed by atoms with E-state index in [1.165, 1.54) is 39.7 Å². The van der Waals surface area contributed by atoms with Crippen LogP contribution >= 0.6 is 0 Å². The van der Waals surface area contributed by atoms with E-state index in [0.717, 1.165) is 11.3 Å². The van der Waals surface area contributed by atoms with E-state index in [9.17, 15) is 23.9 Å². The van der Waals surface area contributed by atoms with Crippen LogP contribution in [-0.2, 0) is 14.2 Å². The molecule has 3 N–H and O–H groups in total. The largest absolute Gasteiger partial charge is 0.492 e. The van der Waals surface area contributed by atoms with Gasteiger partial charge in [-0.25, -0.2) is 18.9 Å². The van der Waals surface area contributed by atoms with Crippen LogP contribution in [0.15, 0.2) is 36.7 Å². The molecule has 4 heterocycles. The van der Waals surface area contributed by atoms with Crippen molar-refractivity contribution in [3.05, 3.63) is 53.7 Å². The van der Waals surface area contributed by atoms with E-state index in [0.29, 0.717) is 48.5 Å². The molecule has 0 aliphatic carbocycles. The Kier molecular flexibility index (Phi) is 11.2. The number of benzene rings is 1. The van der Waals surface area contributed by atoms with Gasteiger partial charge >= 0.3 is 12.2 Å². The number of para-hydroxylation sites is 1. The molecule has 2 aliphatic rings. The highest BCUT2D eigenvalue weighted by Crippen LogP contribution is 2.46. The van der Waals surface area contributed by atoms with Gasteiger partial charge in [-0.15, -0.1) is 0 Å². The van der Waals surface area contributed by atoms with Gasteiger partial charge < -0.3 is 44.0 Å². The zero-order valence-electron chi connectivity index (χ0n) is 29.1. The molecule has 1 unspecified atom stereocenters. The molecule has 3 amide bonds. The zero-order valence-corrected chi connectivity index (χ0v) is 29.1. The minimum Gasteiger partial charge on any atom is -0.492 e. The number of amides is 3. The molecule has 2 aliphatic heterocycles. The first-order chi connectivity index (χ1) is 23.9. The third-order valence-corrected chi connectivity index (χ3v) is 8.73. The first-order valence-corrected chi connectivity index (χ1v) is 16.4. The number of hydrogen-bond acceptors (Lipinski definition) is 10. The Balaban J connectivity index is 1.59. The summed E-state index contributed by atoms with van der Waals surface area (Å²) in [6, 6.07) is 5.75. The van der Waals surface area contributed by atoms with Gasteiger partial charge in [-0.1, -0.05) is 6.07 Å². The number of carbonyl (C=O) groups is 3. The number of pyridine rings is 1. The number of aromatic amines is 1. The second kappa shape index (κ2) is 15.3. The van der Waals surface area contributed by atoms with E-state index in [1.54, 1.807) is 23.2 Å². The summed E-state index contributed by atoms with van der Waals surface area (Å²) >= 11 is 0. The van der Waals surface area contributed by atoms with Crippen LogP contribution in [0.1, 0.15) is 68.4 Å². The summed E-state index contributed by atoms with van der Waals surface area (Å²) in [7, 11) is 4.35. The molecule has 0 spiro atoms. The van der Waals surface area contributed by atoms with Crippen molar-refractivity contribution in [1.82, 2.24) is 19.8 Å². The first-order valence-electron chi connectivity index (χ1n) is 16.4. The smallest absolute Gasteiger partial charge is 0.414 e. The molecule has 3 aromatic rings. The maximum absolute atomic E-state index is 14.9. The Bertz CT molecular complexity index is 1700. The fourth-order valence-electron chi connectivity index (χ4n) is 6.38. The normalized spacial score (nSPS) is 17.6. The highest BCUT2D eigenvalue weighted by Gasteiger charge is 2.41. The van der Waals surface area contributed by atoms with Gasteiger partial charge in [0.05, 0.1) is 42.0 Å². The summed E-state index contributed by atoms with van der Waals surface area (Å²) in [6.45, 7) is 6.01. The summed E-state index contributed by atoms with van der Waals surface area (Å²) in [6.07, 6.45) is 3.03. The molecule has 5 rings (SSSR count). The molecule has 2 aromatic heterocycles. The lowest BCUT2D eigenvalue weighted by Crippen LogP contribution is -2.43. The molecule has 0 bridgehead atoms. The lowest BCUT2D eigenvalue weighted by Gasteiger charge is -2.30. The molecule has 50 heavy (non-hydrogen) atoms. The van der Waals surface area contributed by atoms with Crippen LogP contribution in [0.3, 0.4) is 0 Å². The number of rotatable bonds is 12. The summed E-state index contributed by atoms with van der Waals surface area (Å²) in [4.78, 5) is 49.4. The number of halogens is 1. The van der Waals surface area contributed by atoms with E-state index in [1.807, 2.05) is 20.8 Å². The van der Waals surface area contributed by atoms with E-state index < -0.39 is 41.7 Å². The number of fused-ring (bicyclic) bond motifs is 1. The van der Waals surface area contributed by atoms with Crippen molar-refractivity contribution in [1.29, 1.82) is 0 Å². The molecule has 1 saturated heterocycles.